The number of carbonyl (C=O) groups excluding carboxylic acids is 1. The smallest absolute Gasteiger partial charge is 0.242 e. The van der Waals surface area contributed by atoms with Crippen molar-refractivity contribution in [3.8, 4) is 11.3 Å². The quantitative estimate of drug-likeness (QED) is 0.781. The minimum atomic E-state index is 0.124. The second-order valence-corrected chi connectivity index (χ2v) is 7.05. The van der Waals surface area contributed by atoms with Crippen LogP contribution in [0, 0.1) is 6.92 Å². The van der Waals surface area contributed by atoms with Crippen molar-refractivity contribution in [2.45, 2.75) is 39.4 Å². The van der Waals surface area contributed by atoms with Crippen molar-refractivity contribution in [1.29, 1.82) is 0 Å². The van der Waals surface area contributed by atoms with Crippen LogP contribution in [0.3, 0.4) is 0 Å². The highest BCUT2D eigenvalue weighted by atomic mass is 32.2. The predicted octanol–water partition coefficient (Wildman–Crippen LogP) is 3.27. The highest BCUT2D eigenvalue weighted by molar-refractivity contribution is 7.99. The van der Waals surface area contributed by atoms with Crippen LogP contribution in [0.1, 0.15) is 33.0 Å². The summed E-state index contributed by atoms with van der Waals surface area (Å²) in [6.07, 6.45) is 5.96. The first-order valence-electron chi connectivity index (χ1n) is 7.95. The Hall–Kier alpha value is -1.82. The van der Waals surface area contributed by atoms with Gasteiger partial charge in [-0.3, -0.25) is 9.78 Å². The third kappa shape index (κ3) is 4.34. The van der Waals surface area contributed by atoms with Gasteiger partial charge in [0.15, 0.2) is 0 Å². The van der Waals surface area contributed by atoms with Crippen LogP contribution in [-0.4, -0.2) is 38.1 Å². The van der Waals surface area contributed by atoms with Crippen LogP contribution in [0.25, 0.3) is 11.3 Å². The molecule has 2 aromatic rings. The Kier molecular flexibility index (Phi) is 6.21. The summed E-state index contributed by atoms with van der Waals surface area (Å²) < 4.78 is 1.86. The van der Waals surface area contributed by atoms with Crippen LogP contribution < -0.4 is 5.01 Å². The average molecular weight is 332 g/mol. The van der Waals surface area contributed by atoms with Gasteiger partial charge >= 0.3 is 0 Å². The zero-order valence-electron chi connectivity index (χ0n) is 14.2. The molecule has 5 nitrogen and oxygen atoms in total. The summed E-state index contributed by atoms with van der Waals surface area (Å²) in [4.78, 5) is 21.3. The van der Waals surface area contributed by atoms with Gasteiger partial charge < -0.3 is 0 Å². The first-order valence-corrected chi connectivity index (χ1v) is 9.00. The van der Waals surface area contributed by atoms with Gasteiger partial charge in [0.1, 0.15) is 5.82 Å². The lowest BCUT2D eigenvalue weighted by molar-refractivity contribution is -0.120. The number of hydrogen-bond acceptors (Lipinski definition) is 4. The molecule has 0 N–H and O–H groups in total. The number of aryl methyl sites for hydroxylation is 1. The Bertz CT molecular complexity index is 641. The van der Waals surface area contributed by atoms with Crippen molar-refractivity contribution in [2.24, 2.45) is 0 Å². The molecule has 0 aliphatic heterocycles. The Morgan fingerprint density at radius 2 is 2.22 bits per heavy atom. The summed E-state index contributed by atoms with van der Waals surface area (Å²) in [6.45, 7) is 8.73. The molecular formula is C17H24N4OS. The second-order valence-electron chi connectivity index (χ2n) is 5.34. The largest absolute Gasteiger partial charge is 0.273 e. The van der Waals surface area contributed by atoms with E-state index in [4.69, 9.17) is 0 Å². The molecule has 23 heavy (non-hydrogen) atoms. The molecule has 0 aromatic carbocycles. The summed E-state index contributed by atoms with van der Waals surface area (Å²) in [7, 11) is 0. The fourth-order valence-electron chi connectivity index (χ4n) is 2.51. The third-order valence-electron chi connectivity index (χ3n) is 3.58. The molecular weight excluding hydrogens is 308 g/mol. The number of hydrogen-bond donors (Lipinski definition) is 0. The van der Waals surface area contributed by atoms with Crippen molar-refractivity contribution in [3.63, 3.8) is 0 Å². The van der Waals surface area contributed by atoms with Gasteiger partial charge in [-0.25, -0.2) is 14.7 Å². The molecule has 2 aromatic heterocycles. The maximum Gasteiger partial charge on any atom is 0.242 e. The van der Waals surface area contributed by atoms with Crippen molar-refractivity contribution in [3.05, 3.63) is 36.5 Å². The number of carbonyl (C=O) groups is 1. The van der Waals surface area contributed by atoms with E-state index in [0.717, 1.165) is 22.8 Å². The molecule has 0 saturated carbocycles. The van der Waals surface area contributed by atoms with Gasteiger partial charge in [0, 0.05) is 36.2 Å². The van der Waals surface area contributed by atoms with Crippen LogP contribution >= 0.6 is 11.8 Å². The maximum absolute atomic E-state index is 12.6. The highest BCUT2D eigenvalue weighted by Gasteiger charge is 2.19. The topological polar surface area (TPSA) is 51.0 Å². The molecule has 1 amide bonds. The van der Waals surface area contributed by atoms with E-state index in [1.807, 2.05) is 48.6 Å². The highest BCUT2D eigenvalue weighted by Crippen LogP contribution is 2.19. The zero-order valence-corrected chi connectivity index (χ0v) is 15.0. The van der Waals surface area contributed by atoms with Crippen molar-refractivity contribution in [1.82, 2.24) is 14.6 Å². The molecule has 0 bridgehead atoms. The first-order chi connectivity index (χ1) is 11.1. The number of imidazole rings is 1. The van der Waals surface area contributed by atoms with Gasteiger partial charge in [0.2, 0.25) is 5.91 Å². The zero-order chi connectivity index (χ0) is 16.8. The fraction of sp³-hybridized carbons (Fsp3) is 0.471. The summed E-state index contributed by atoms with van der Waals surface area (Å²) in [5.74, 6) is 1.95. The molecule has 0 fully saturated rings. The molecule has 1 atom stereocenters. The van der Waals surface area contributed by atoms with Gasteiger partial charge in [-0.2, -0.15) is 11.8 Å². The lowest BCUT2D eigenvalue weighted by Gasteiger charge is -2.24. The van der Waals surface area contributed by atoms with Crippen molar-refractivity contribution < 1.29 is 4.79 Å². The minimum absolute atomic E-state index is 0.124. The van der Waals surface area contributed by atoms with E-state index in [2.05, 4.69) is 23.8 Å². The standard InChI is InChI=1S/C17H24N4OS/c1-5-20(17(22)10-13(3)23-6-2)21-12-16(19-14(21)4)15-8-7-9-18-11-15/h7-9,11-13H,5-6,10H2,1-4H3. The van der Waals surface area contributed by atoms with Crippen molar-refractivity contribution >= 4 is 17.7 Å². The van der Waals surface area contributed by atoms with E-state index >= 15 is 0 Å². The van der Waals surface area contributed by atoms with E-state index in [1.54, 1.807) is 17.4 Å². The SMILES string of the molecule is CCSC(C)CC(=O)N(CC)n1cc(-c2cccnc2)nc1C. The van der Waals surface area contributed by atoms with Crippen LogP contribution in [0.15, 0.2) is 30.7 Å². The monoisotopic (exact) mass is 332 g/mol. The molecule has 0 saturated heterocycles. The molecule has 1 unspecified atom stereocenters. The van der Waals surface area contributed by atoms with E-state index in [0.29, 0.717) is 18.2 Å². The van der Waals surface area contributed by atoms with Crippen LogP contribution in [-0.2, 0) is 4.79 Å². The van der Waals surface area contributed by atoms with Crippen molar-refractivity contribution in [2.75, 3.05) is 17.3 Å². The summed E-state index contributed by atoms with van der Waals surface area (Å²) in [5, 5.41) is 2.08. The Labute approximate surface area is 142 Å². The van der Waals surface area contributed by atoms with Crippen LogP contribution in [0.5, 0.6) is 0 Å². The van der Waals surface area contributed by atoms with Gasteiger partial charge in [0.05, 0.1) is 11.9 Å². The summed E-state index contributed by atoms with van der Waals surface area (Å²) >= 11 is 1.81. The number of pyridine rings is 1. The lowest BCUT2D eigenvalue weighted by Crippen LogP contribution is -2.41. The molecule has 0 radical (unpaired) electrons. The van der Waals surface area contributed by atoms with E-state index in [9.17, 15) is 4.79 Å². The molecule has 2 heterocycles. The van der Waals surface area contributed by atoms with Gasteiger partial charge in [0.25, 0.3) is 0 Å². The summed E-state index contributed by atoms with van der Waals surface area (Å²) in [5.41, 5.74) is 1.78. The molecule has 0 aliphatic rings. The molecule has 0 aliphatic carbocycles. The predicted molar refractivity (Wildman–Crippen MR) is 96.2 cm³/mol. The van der Waals surface area contributed by atoms with E-state index in [-0.39, 0.29) is 5.91 Å². The molecule has 0 spiro atoms. The minimum Gasteiger partial charge on any atom is -0.273 e. The first kappa shape index (κ1) is 17.5. The normalized spacial score (nSPS) is 12.2. The Morgan fingerprint density at radius 1 is 1.43 bits per heavy atom. The molecule has 124 valence electrons. The van der Waals surface area contributed by atoms with Crippen LogP contribution in [0.4, 0.5) is 0 Å². The van der Waals surface area contributed by atoms with E-state index in [1.165, 1.54) is 0 Å². The fourth-order valence-corrected chi connectivity index (χ4v) is 3.33. The Morgan fingerprint density at radius 3 is 2.83 bits per heavy atom. The van der Waals surface area contributed by atoms with Gasteiger partial charge in [-0.15, -0.1) is 0 Å². The maximum atomic E-state index is 12.6. The van der Waals surface area contributed by atoms with E-state index < -0.39 is 0 Å². The number of amides is 1. The summed E-state index contributed by atoms with van der Waals surface area (Å²) in [6, 6.07) is 3.85. The number of rotatable bonds is 7. The lowest BCUT2D eigenvalue weighted by atomic mass is 10.2. The number of thioether (sulfide) groups is 1. The van der Waals surface area contributed by atoms with Crippen LogP contribution in [0.2, 0.25) is 0 Å². The second kappa shape index (κ2) is 8.15. The van der Waals surface area contributed by atoms with Gasteiger partial charge in [-0.05, 0) is 31.7 Å². The molecule has 2 rings (SSSR count). The van der Waals surface area contributed by atoms with Gasteiger partial charge in [-0.1, -0.05) is 13.8 Å². The average Bonchev–Trinajstić information content (AvgIpc) is 2.91. The number of aromatic nitrogens is 3. The number of nitrogens with zero attached hydrogens (tertiary/aromatic N) is 4. The third-order valence-corrected chi connectivity index (χ3v) is 4.65. The Balaban J connectivity index is 2.21. The molecule has 6 heteroatoms.